The average molecular weight is 354 g/mol. The maximum absolute atomic E-state index is 12.8. The highest BCUT2D eigenvalue weighted by Crippen LogP contribution is 2.26. The van der Waals surface area contributed by atoms with Crippen LogP contribution in [0.5, 0.6) is 0 Å². The summed E-state index contributed by atoms with van der Waals surface area (Å²) < 4.78 is 1.41. The van der Waals surface area contributed by atoms with E-state index >= 15 is 0 Å². The second-order valence-electron chi connectivity index (χ2n) is 6.26. The Labute approximate surface area is 148 Å². The summed E-state index contributed by atoms with van der Waals surface area (Å²) in [4.78, 5) is 37.9. The number of nitrogens with zero attached hydrogens (tertiary/aromatic N) is 4. The van der Waals surface area contributed by atoms with Crippen molar-refractivity contribution >= 4 is 33.1 Å². The van der Waals surface area contributed by atoms with Crippen molar-refractivity contribution in [1.29, 1.82) is 0 Å². The van der Waals surface area contributed by atoms with Gasteiger partial charge in [0.1, 0.15) is 11.4 Å². The Morgan fingerprint density at radius 1 is 1.32 bits per heavy atom. The number of carbonyl (C=O) groups is 1. The van der Waals surface area contributed by atoms with Crippen molar-refractivity contribution in [3.8, 4) is 0 Å². The topological polar surface area (TPSA) is 68.1 Å². The van der Waals surface area contributed by atoms with Gasteiger partial charge in [0.15, 0.2) is 0 Å². The summed E-state index contributed by atoms with van der Waals surface area (Å²) in [5.41, 5.74) is 2.59. The first kappa shape index (κ1) is 16.0. The van der Waals surface area contributed by atoms with E-state index in [1.54, 1.807) is 11.1 Å². The number of thiophene rings is 1. The zero-order valence-electron chi connectivity index (χ0n) is 14.2. The molecule has 0 radical (unpaired) electrons. The van der Waals surface area contributed by atoms with Gasteiger partial charge in [0.05, 0.1) is 23.1 Å². The number of hydrogen-bond donors (Lipinski definition) is 0. The first-order chi connectivity index (χ1) is 12.1. The lowest BCUT2D eigenvalue weighted by Gasteiger charge is -2.28. The Hall–Kier alpha value is -2.54. The summed E-state index contributed by atoms with van der Waals surface area (Å²) >= 11 is 1.51. The van der Waals surface area contributed by atoms with Gasteiger partial charge in [0, 0.05) is 17.6 Å². The van der Waals surface area contributed by atoms with Crippen LogP contribution in [0.1, 0.15) is 22.6 Å². The predicted octanol–water partition coefficient (Wildman–Crippen LogP) is 2.45. The quantitative estimate of drug-likeness (QED) is 0.709. The normalized spacial score (nSPS) is 13.9. The van der Waals surface area contributed by atoms with Crippen molar-refractivity contribution in [2.75, 3.05) is 11.4 Å². The van der Waals surface area contributed by atoms with Crippen LogP contribution in [0.4, 0.5) is 5.69 Å². The third-order valence-corrected chi connectivity index (χ3v) is 5.83. The number of aromatic nitrogens is 3. The van der Waals surface area contributed by atoms with Crippen LogP contribution >= 0.6 is 11.3 Å². The molecule has 0 unspecified atom stereocenters. The molecule has 4 heterocycles. The molecule has 3 aromatic rings. The minimum atomic E-state index is -0.149. The SMILES string of the molecule is Cc1sc2ncn(CC(=O)N3CCCc4ncccc43)c(=O)c2c1C. The Bertz CT molecular complexity index is 1040. The smallest absolute Gasteiger partial charge is 0.262 e. The van der Waals surface area contributed by atoms with Crippen molar-refractivity contribution in [2.45, 2.75) is 33.2 Å². The highest BCUT2D eigenvalue weighted by Gasteiger charge is 2.24. The van der Waals surface area contributed by atoms with Crippen LogP contribution in [0.25, 0.3) is 10.2 Å². The molecule has 0 aromatic carbocycles. The monoisotopic (exact) mass is 354 g/mol. The molecule has 0 saturated carbocycles. The van der Waals surface area contributed by atoms with E-state index in [4.69, 9.17) is 0 Å². The minimum Gasteiger partial charge on any atom is -0.309 e. The molecule has 0 fully saturated rings. The summed E-state index contributed by atoms with van der Waals surface area (Å²) in [5, 5.41) is 0.624. The molecule has 128 valence electrons. The summed E-state index contributed by atoms with van der Waals surface area (Å²) in [6.45, 7) is 4.55. The highest BCUT2D eigenvalue weighted by molar-refractivity contribution is 7.18. The number of hydrogen-bond acceptors (Lipinski definition) is 5. The second kappa shape index (κ2) is 6.07. The van der Waals surface area contributed by atoms with Crippen molar-refractivity contribution in [3.05, 3.63) is 51.1 Å². The molecular weight excluding hydrogens is 336 g/mol. The molecular formula is C18H18N4O2S. The van der Waals surface area contributed by atoms with Gasteiger partial charge in [-0.05, 0) is 44.4 Å². The molecule has 0 aliphatic carbocycles. The lowest BCUT2D eigenvalue weighted by Crippen LogP contribution is -2.39. The van der Waals surface area contributed by atoms with Crippen molar-refractivity contribution in [1.82, 2.24) is 14.5 Å². The van der Waals surface area contributed by atoms with E-state index in [2.05, 4.69) is 9.97 Å². The molecule has 3 aromatic heterocycles. The van der Waals surface area contributed by atoms with Gasteiger partial charge in [0.25, 0.3) is 5.56 Å². The maximum atomic E-state index is 12.8. The molecule has 1 aliphatic heterocycles. The second-order valence-corrected chi connectivity index (χ2v) is 7.46. The standard InChI is InChI=1S/C18H18N4O2S/c1-11-12(2)25-17-16(11)18(24)21(10-20-17)9-15(23)22-8-4-5-13-14(22)6-3-7-19-13/h3,6-7,10H,4-5,8-9H2,1-2H3. The van der Waals surface area contributed by atoms with Gasteiger partial charge in [-0.2, -0.15) is 0 Å². The van der Waals surface area contributed by atoms with Gasteiger partial charge in [-0.25, -0.2) is 4.98 Å². The Balaban J connectivity index is 1.68. The number of aryl methyl sites for hydroxylation is 3. The van der Waals surface area contributed by atoms with Gasteiger partial charge < -0.3 is 4.90 Å². The summed E-state index contributed by atoms with van der Waals surface area (Å²) in [5.74, 6) is -0.109. The van der Waals surface area contributed by atoms with Gasteiger partial charge in [-0.15, -0.1) is 11.3 Å². The molecule has 1 amide bonds. The Morgan fingerprint density at radius 2 is 2.16 bits per heavy atom. The van der Waals surface area contributed by atoms with E-state index in [-0.39, 0.29) is 18.0 Å². The molecule has 6 nitrogen and oxygen atoms in total. The lowest BCUT2D eigenvalue weighted by atomic mass is 10.1. The van der Waals surface area contributed by atoms with Gasteiger partial charge in [-0.3, -0.25) is 19.1 Å². The van der Waals surface area contributed by atoms with E-state index in [0.29, 0.717) is 11.9 Å². The van der Waals surface area contributed by atoms with Crippen molar-refractivity contribution in [3.63, 3.8) is 0 Å². The van der Waals surface area contributed by atoms with E-state index in [9.17, 15) is 9.59 Å². The number of amides is 1. The average Bonchev–Trinajstić information content (AvgIpc) is 2.92. The van der Waals surface area contributed by atoms with Crippen LogP contribution in [0.3, 0.4) is 0 Å². The molecule has 7 heteroatoms. The lowest BCUT2D eigenvalue weighted by molar-refractivity contribution is -0.119. The highest BCUT2D eigenvalue weighted by atomic mass is 32.1. The van der Waals surface area contributed by atoms with Crippen LogP contribution in [0, 0.1) is 13.8 Å². The third kappa shape index (κ3) is 2.64. The van der Waals surface area contributed by atoms with Crippen LogP contribution in [0.15, 0.2) is 29.5 Å². The summed E-state index contributed by atoms with van der Waals surface area (Å²) in [6.07, 6.45) is 4.98. The first-order valence-corrected chi connectivity index (χ1v) is 9.07. The van der Waals surface area contributed by atoms with Gasteiger partial charge in [0.2, 0.25) is 5.91 Å². The Kier molecular flexibility index (Phi) is 3.88. The van der Waals surface area contributed by atoms with Gasteiger partial charge >= 0.3 is 0 Å². The van der Waals surface area contributed by atoms with Crippen LogP contribution in [-0.4, -0.2) is 27.0 Å². The van der Waals surface area contributed by atoms with Gasteiger partial charge in [-0.1, -0.05) is 0 Å². The third-order valence-electron chi connectivity index (χ3n) is 4.71. The number of fused-ring (bicyclic) bond motifs is 2. The van der Waals surface area contributed by atoms with Crippen molar-refractivity contribution in [2.24, 2.45) is 0 Å². The fourth-order valence-electron chi connectivity index (χ4n) is 3.27. The molecule has 0 saturated heterocycles. The molecule has 4 rings (SSSR count). The summed E-state index contributed by atoms with van der Waals surface area (Å²) in [6, 6.07) is 3.75. The zero-order chi connectivity index (χ0) is 17.6. The molecule has 0 atom stereocenters. The van der Waals surface area contributed by atoms with Crippen LogP contribution < -0.4 is 10.5 Å². The fourth-order valence-corrected chi connectivity index (χ4v) is 4.25. The molecule has 0 bridgehead atoms. The minimum absolute atomic E-state index is 0.00948. The number of pyridine rings is 1. The van der Waals surface area contributed by atoms with E-state index < -0.39 is 0 Å². The number of carbonyl (C=O) groups excluding carboxylic acids is 1. The van der Waals surface area contributed by atoms with E-state index in [1.165, 1.54) is 22.2 Å². The number of rotatable bonds is 2. The van der Waals surface area contributed by atoms with E-state index in [1.807, 2.05) is 26.0 Å². The van der Waals surface area contributed by atoms with Crippen LogP contribution in [-0.2, 0) is 17.8 Å². The molecule has 0 N–H and O–H groups in total. The molecule has 0 spiro atoms. The van der Waals surface area contributed by atoms with Crippen molar-refractivity contribution < 1.29 is 4.79 Å². The molecule has 25 heavy (non-hydrogen) atoms. The zero-order valence-corrected chi connectivity index (χ0v) is 15.0. The first-order valence-electron chi connectivity index (χ1n) is 8.25. The summed E-state index contributed by atoms with van der Waals surface area (Å²) in [7, 11) is 0. The largest absolute Gasteiger partial charge is 0.309 e. The molecule has 1 aliphatic rings. The Morgan fingerprint density at radius 3 is 3.00 bits per heavy atom. The number of anilines is 1. The maximum Gasteiger partial charge on any atom is 0.262 e. The predicted molar refractivity (Wildman–Crippen MR) is 98.3 cm³/mol. The fraction of sp³-hybridized carbons (Fsp3) is 0.333. The van der Waals surface area contributed by atoms with Crippen LogP contribution in [0.2, 0.25) is 0 Å². The van der Waals surface area contributed by atoms with E-state index in [0.717, 1.165) is 39.5 Å².